The Morgan fingerprint density at radius 2 is 2.32 bits per heavy atom. The van der Waals surface area contributed by atoms with E-state index < -0.39 is 0 Å². The Morgan fingerprint density at radius 1 is 1.47 bits per heavy atom. The van der Waals surface area contributed by atoms with Crippen LogP contribution in [-0.4, -0.2) is 32.2 Å². The number of carbonyl (C=O) groups excluding carboxylic acids is 1. The van der Waals surface area contributed by atoms with E-state index in [1.807, 2.05) is 6.07 Å². The normalized spacial score (nSPS) is 9.89. The second kappa shape index (κ2) is 5.73. The van der Waals surface area contributed by atoms with Crippen LogP contribution in [0.25, 0.3) is 0 Å². The van der Waals surface area contributed by atoms with Gasteiger partial charge < -0.3 is 5.32 Å². The molecule has 0 saturated carbocycles. The summed E-state index contributed by atoms with van der Waals surface area (Å²) in [6.45, 7) is 0.435. The van der Waals surface area contributed by atoms with Crippen molar-refractivity contribution >= 4 is 5.91 Å². The smallest absolute Gasteiger partial charge is 0.269 e. The third-order valence-electron chi connectivity index (χ3n) is 2.41. The summed E-state index contributed by atoms with van der Waals surface area (Å²) in [4.78, 5) is 19.7. The van der Waals surface area contributed by atoms with Gasteiger partial charge in [-0.25, -0.2) is 9.97 Å². The number of carbonyl (C=O) groups is 1. The number of nitrogens with one attached hydrogen (secondary N) is 1. The quantitative estimate of drug-likeness (QED) is 0.834. The molecule has 0 unspecified atom stereocenters. The molecule has 0 atom stereocenters. The van der Waals surface area contributed by atoms with E-state index in [-0.39, 0.29) is 11.6 Å². The number of aromatic nitrogens is 4. The van der Waals surface area contributed by atoms with Gasteiger partial charge in [0.05, 0.1) is 5.56 Å². The van der Waals surface area contributed by atoms with Gasteiger partial charge in [0.15, 0.2) is 5.82 Å². The molecular weight excluding hydrogens is 244 g/mol. The molecule has 1 amide bonds. The monoisotopic (exact) mass is 256 g/mol. The van der Waals surface area contributed by atoms with Gasteiger partial charge >= 0.3 is 0 Å². The third-order valence-corrected chi connectivity index (χ3v) is 2.41. The van der Waals surface area contributed by atoms with E-state index in [4.69, 9.17) is 5.26 Å². The molecule has 2 aromatic heterocycles. The molecule has 96 valence electrons. The van der Waals surface area contributed by atoms with Gasteiger partial charge in [0.2, 0.25) is 0 Å². The highest BCUT2D eigenvalue weighted by Crippen LogP contribution is 1.98. The maximum atomic E-state index is 11.7. The van der Waals surface area contributed by atoms with Gasteiger partial charge in [-0.3, -0.25) is 9.48 Å². The highest BCUT2D eigenvalue weighted by molar-refractivity contribution is 5.92. The third kappa shape index (κ3) is 3.35. The fourth-order valence-corrected chi connectivity index (χ4v) is 1.47. The Balaban J connectivity index is 1.85. The Labute approximate surface area is 109 Å². The Morgan fingerprint density at radius 3 is 2.89 bits per heavy atom. The van der Waals surface area contributed by atoms with Gasteiger partial charge in [-0.2, -0.15) is 10.4 Å². The number of hydrogen-bond donors (Lipinski definition) is 1. The maximum absolute atomic E-state index is 11.7. The van der Waals surface area contributed by atoms with E-state index in [0.717, 1.165) is 0 Å². The van der Waals surface area contributed by atoms with Gasteiger partial charge in [-0.05, 0) is 12.1 Å². The molecule has 0 spiro atoms. The largest absolute Gasteiger partial charge is 0.350 e. The molecule has 0 radical (unpaired) electrons. The van der Waals surface area contributed by atoms with Crippen molar-refractivity contribution in [3.05, 3.63) is 41.7 Å². The summed E-state index contributed by atoms with van der Waals surface area (Å²) in [5.41, 5.74) is 0.710. The second-order valence-electron chi connectivity index (χ2n) is 3.88. The van der Waals surface area contributed by atoms with Crippen LogP contribution in [0.4, 0.5) is 0 Å². The average Bonchev–Trinajstić information content (AvgIpc) is 2.84. The highest BCUT2D eigenvalue weighted by Gasteiger charge is 2.07. The number of pyridine rings is 1. The molecule has 0 aliphatic carbocycles. The topological polar surface area (TPSA) is 96.5 Å². The van der Waals surface area contributed by atoms with Crippen LogP contribution in [0.15, 0.2) is 24.7 Å². The van der Waals surface area contributed by atoms with Crippen LogP contribution in [0.3, 0.4) is 0 Å². The number of hydrogen-bond acceptors (Lipinski definition) is 5. The Hall–Kier alpha value is -2.75. The van der Waals surface area contributed by atoms with Crippen LogP contribution in [0.5, 0.6) is 0 Å². The molecule has 0 aliphatic heterocycles. The van der Waals surface area contributed by atoms with Crippen LogP contribution in [0, 0.1) is 11.3 Å². The van der Waals surface area contributed by atoms with Gasteiger partial charge in [0.25, 0.3) is 5.91 Å². The first kappa shape index (κ1) is 12.7. The summed E-state index contributed by atoms with van der Waals surface area (Å²) in [5.74, 6) is 0.399. The summed E-state index contributed by atoms with van der Waals surface area (Å²) < 4.78 is 1.61. The molecule has 2 rings (SSSR count). The lowest BCUT2D eigenvalue weighted by atomic mass is 10.2. The van der Waals surface area contributed by atoms with E-state index in [0.29, 0.717) is 24.4 Å². The maximum Gasteiger partial charge on any atom is 0.269 e. The predicted octanol–water partition coefficient (Wildman–Crippen LogP) is 0.0543. The minimum atomic E-state index is -0.277. The van der Waals surface area contributed by atoms with Crippen LogP contribution in [-0.2, 0) is 13.5 Å². The lowest BCUT2D eigenvalue weighted by Crippen LogP contribution is -2.26. The minimum Gasteiger partial charge on any atom is -0.350 e. The van der Waals surface area contributed by atoms with Crippen molar-refractivity contribution in [2.75, 3.05) is 6.54 Å². The average molecular weight is 256 g/mol. The molecule has 0 aliphatic rings. The van der Waals surface area contributed by atoms with Crippen molar-refractivity contribution in [1.82, 2.24) is 25.1 Å². The Bertz CT molecular complexity index is 610. The molecule has 19 heavy (non-hydrogen) atoms. The summed E-state index contributed by atoms with van der Waals surface area (Å²) >= 11 is 0. The SMILES string of the molecule is Cn1cnc(CCNC(=O)c2ccc(C#N)cn2)n1. The van der Waals surface area contributed by atoms with Crippen LogP contribution < -0.4 is 5.32 Å². The fraction of sp³-hybridized carbons (Fsp3) is 0.250. The highest BCUT2D eigenvalue weighted by atomic mass is 16.1. The molecule has 7 heteroatoms. The van der Waals surface area contributed by atoms with Gasteiger partial charge in [-0.15, -0.1) is 0 Å². The lowest BCUT2D eigenvalue weighted by Gasteiger charge is -2.02. The van der Waals surface area contributed by atoms with Gasteiger partial charge in [0.1, 0.15) is 18.1 Å². The van der Waals surface area contributed by atoms with Crippen molar-refractivity contribution in [3.63, 3.8) is 0 Å². The first-order valence-electron chi connectivity index (χ1n) is 5.68. The number of rotatable bonds is 4. The zero-order chi connectivity index (χ0) is 13.7. The first-order chi connectivity index (χ1) is 9.19. The standard InChI is InChI=1S/C12H12N6O/c1-18-8-16-11(17-18)4-5-14-12(19)10-3-2-9(6-13)7-15-10/h2-3,7-8H,4-5H2,1H3,(H,14,19). The lowest BCUT2D eigenvalue weighted by molar-refractivity contribution is 0.0949. The molecule has 2 aromatic rings. The van der Waals surface area contributed by atoms with E-state index in [1.165, 1.54) is 12.3 Å². The fourth-order valence-electron chi connectivity index (χ4n) is 1.47. The molecule has 0 aromatic carbocycles. The van der Waals surface area contributed by atoms with Crippen LogP contribution in [0.1, 0.15) is 21.9 Å². The van der Waals surface area contributed by atoms with Crippen molar-refractivity contribution in [1.29, 1.82) is 5.26 Å². The number of nitriles is 1. The molecule has 2 heterocycles. The first-order valence-corrected chi connectivity index (χ1v) is 5.68. The van der Waals surface area contributed by atoms with Crippen LogP contribution in [0.2, 0.25) is 0 Å². The molecule has 0 fully saturated rings. The van der Waals surface area contributed by atoms with Gasteiger partial charge in [0, 0.05) is 26.2 Å². The molecular formula is C12H12N6O. The van der Waals surface area contributed by atoms with E-state index in [2.05, 4.69) is 20.4 Å². The molecule has 1 N–H and O–H groups in total. The molecule has 7 nitrogen and oxygen atoms in total. The van der Waals surface area contributed by atoms with E-state index in [9.17, 15) is 4.79 Å². The molecule has 0 bridgehead atoms. The minimum absolute atomic E-state index is 0.277. The predicted molar refractivity (Wildman–Crippen MR) is 66.0 cm³/mol. The Kier molecular flexibility index (Phi) is 3.83. The van der Waals surface area contributed by atoms with Crippen molar-refractivity contribution < 1.29 is 4.79 Å². The number of aryl methyl sites for hydroxylation is 1. The van der Waals surface area contributed by atoms with E-state index in [1.54, 1.807) is 24.1 Å². The summed E-state index contributed by atoms with van der Waals surface area (Å²) in [5, 5.41) is 15.5. The zero-order valence-electron chi connectivity index (χ0n) is 10.4. The summed E-state index contributed by atoms with van der Waals surface area (Å²) in [7, 11) is 1.79. The molecule has 0 saturated heterocycles. The summed E-state index contributed by atoms with van der Waals surface area (Å²) in [6.07, 6.45) is 3.54. The summed E-state index contributed by atoms with van der Waals surface area (Å²) in [6, 6.07) is 5.03. The van der Waals surface area contributed by atoms with Crippen molar-refractivity contribution in [2.45, 2.75) is 6.42 Å². The van der Waals surface area contributed by atoms with Gasteiger partial charge in [-0.1, -0.05) is 0 Å². The number of nitrogens with zero attached hydrogens (tertiary/aromatic N) is 5. The number of amides is 1. The second-order valence-corrected chi connectivity index (χ2v) is 3.88. The van der Waals surface area contributed by atoms with Crippen molar-refractivity contribution in [2.24, 2.45) is 7.05 Å². The van der Waals surface area contributed by atoms with Crippen LogP contribution >= 0.6 is 0 Å². The van der Waals surface area contributed by atoms with E-state index >= 15 is 0 Å². The van der Waals surface area contributed by atoms with Crippen molar-refractivity contribution in [3.8, 4) is 6.07 Å². The zero-order valence-corrected chi connectivity index (χ0v) is 10.4.